The highest BCUT2D eigenvalue weighted by Crippen LogP contribution is 2.10. The Labute approximate surface area is 131 Å². The van der Waals surface area contributed by atoms with Gasteiger partial charge >= 0.3 is 5.97 Å². The molecule has 0 fully saturated rings. The lowest BCUT2D eigenvalue weighted by Gasteiger charge is -2.03. The fourth-order valence-corrected chi connectivity index (χ4v) is 1.98. The first-order valence-corrected chi connectivity index (χ1v) is 6.96. The van der Waals surface area contributed by atoms with Gasteiger partial charge in [0.05, 0.1) is 18.0 Å². The van der Waals surface area contributed by atoms with E-state index in [4.69, 9.17) is 4.74 Å². The van der Waals surface area contributed by atoms with E-state index in [1.807, 2.05) is 0 Å². The monoisotopic (exact) mass is 312 g/mol. The van der Waals surface area contributed by atoms with Crippen LogP contribution < -0.4 is 0 Å². The predicted octanol–water partition coefficient (Wildman–Crippen LogP) is 2.20. The Hall–Kier alpha value is -3.09. The van der Waals surface area contributed by atoms with Gasteiger partial charge in [0.1, 0.15) is 5.82 Å². The summed E-state index contributed by atoms with van der Waals surface area (Å²) in [5, 5.41) is 4.09. The largest absolute Gasteiger partial charge is 0.461 e. The fraction of sp³-hybridized carbons (Fsp3) is 0.125. The normalized spacial score (nSPS) is 10.5. The van der Waals surface area contributed by atoms with Crippen LogP contribution in [0.15, 0.2) is 55.1 Å². The van der Waals surface area contributed by atoms with Gasteiger partial charge in [0, 0.05) is 31.2 Å². The zero-order valence-electron chi connectivity index (χ0n) is 12.1. The SMILES string of the molecule is O=C(OCCc1cnccn1)c1ccn(-c2cccc(F)c2)n1. The maximum Gasteiger partial charge on any atom is 0.358 e. The van der Waals surface area contributed by atoms with Crippen molar-refractivity contribution in [2.75, 3.05) is 6.61 Å². The molecule has 0 aliphatic heterocycles. The van der Waals surface area contributed by atoms with Crippen molar-refractivity contribution in [3.63, 3.8) is 0 Å². The highest BCUT2D eigenvalue weighted by Gasteiger charge is 2.12. The van der Waals surface area contributed by atoms with E-state index < -0.39 is 5.97 Å². The van der Waals surface area contributed by atoms with Gasteiger partial charge in [-0.05, 0) is 24.3 Å². The first-order valence-electron chi connectivity index (χ1n) is 6.96. The molecule has 0 saturated heterocycles. The highest BCUT2D eigenvalue weighted by molar-refractivity contribution is 5.87. The van der Waals surface area contributed by atoms with E-state index in [1.165, 1.54) is 22.9 Å². The average molecular weight is 312 g/mol. The second-order valence-corrected chi connectivity index (χ2v) is 4.71. The van der Waals surface area contributed by atoms with Crippen LogP contribution in [-0.2, 0) is 11.2 Å². The third-order valence-electron chi connectivity index (χ3n) is 3.08. The summed E-state index contributed by atoms with van der Waals surface area (Å²) < 4.78 is 19.8. The molecule has 6 nitrogen and oxygen atoms in total. The second kappa shape index (κ2) is 6.78. The topological polar surface area (TPSA) is 69.9 Å². The van der Waals surface area contributed by atoms with E-state index >= 15 is 0 Å². The molecule has 23 heavy (non-hydrogen) atoms. The van der Waals surface area contributed by atoms with Gasteiger partial charge in [0.2, 0.25) is 0 Å². The first kappa shape index (κ1) is 14.8. The number of hydrogen-bond donors (Lipinski definition) is 0. The summed E-state index contributed by atoms with van der Waals surface area (Å²) in [7, 11) is 0. The van der Waals surface area contributed by atoms with Crippen molar-refractivity contribution in [2.45, 2.75) is 6.42 Å². The number of esters is 1. The Kier molecular flexibility index (Phi) is 4.37. The molecule has 3 rings (SSSR count). The molecule has 0 saturated carbocycles. The number of benzene rings is 1. The van der Waals surface area contributed by atoms with Crippen molar-refractivity contribution >= 4 is 5.97 Å². The number of carbonyl (C=O) groups is 1. The summed E-state index contributed by atoms with van der Waals surface area (Å²) in [5.41, 5.74) is 1.43. The van der Waals surface area contributed by atoms with Crippen LogP contribution in [-0.4, -0.2) is 32.3 Å². The highest BCUT2D eigenvalue weighted by atomic mass is 19.1. The number of hydrogen-bond acceptors (Lipinski definition) is 5. The lowest BCUT2D eigenvalue weighted by Crippen LogP contribution is -2.10. The summed E-state index contributed by atoms with van der Waals surface area (Å²) in [6.45, 7) is 0.185. The molecule has 116 valence electrons. The molecule has 7 heteroatoms. The van der Waals surface area contributed by atoms with Crippen LogP contribution in [0.4, 0.5) is 4.39 Å². The minimum absolute atomic E-state index is 0.161. The minimum atomic E-state index is -0.538. The van der Waals surface area contributed by atoms with Crippen LogP contribution >= 0.6 is 0 Å². The van der Waals surface area contributed by atoms with Gasteiger partial charge in [0.25, 0.3) is 0 Å². The van der Waals surface area contributed by atoms with Crippen molar-refractivity contribution in [1.82, 2.24) is 19.7 Å². The third-order valence-corrected chi connectivity index (χ3v) is 3.08. The van der Waals surface area contributed by atoms with Crippen molar-refractivity contribution in [3.8, 4) is 5.69 Å². The van der Waals surface area contributed by atoms with Crippen LogP contribution in [0.25, 0.3) is 5.69 Å². The number of nitrogens with zero attached hydrogens (tertiary/aromatic N) is 4. The van der Waals surface area contributed by atoms with Crippen LogP contribution in [0.5, 0.6) is 0 Å². The van der Waals surface area contributed by atoms with Crippen molar-refractivity contribution in [3.05, 3.63) is 72.3 Å². The van der Waals surface area contributed by atoms with Gasteiger partial charge in [-0.3, -0.25) is 9.97 Å². The Morgan fingerprint density at radius 1 is 1.26 bits per heavy atom. The molecular formula is C16H13FN4O2. The summed E-state index contributed by atoms with van der Waals surface area (Å²) >= 11 is 0. The molecule has 0 aliphatic carbocycles. The fourth-order valence-electron chi connectivity index (χ4n) is 1.98. The van der Waals surface area contributed by atoms with Crippen molar-refractivity contribution in [2.24, 2.45) is 0 Å². The summed E-state index contributed by atoms with van der Waals surface area (Å²) in [4.78, 5) is 20.0. The van der Waals surface area contributed by atoms with Crippen LogP contribution in [0.3, 0.4) is 0 Å². The Morgan fingerprint density at radius 3 is 2.96 bits per heavy atom. The molecule has 0 bridgehead atoms. The molecule has 0 unspecified atom stereocenters. The lowest BCUT2D eigenvalue weighted by atomic mass is 10.3. The van der Waals surface area contributed by atoms with Crippen molar-refractivity contribution < 1.29 is 13.9 Å². The van der Waals surface area contributed by atoms with E-state index in [-0.39, 0.29) is 18.1 Å². The molecule has 2 heterocycles. The molecule has 0 spiro atoms. The van der Waals surface area contributed by atoms with E-state index in [0.29, 0.717) is 12.1 Å². The predicted molar refractivity (Wildman–Crippen MR) is 79.5 cm³/mol. The number of ether oxygens (including phenoxy) is 1. The number of aromatic nitrogens is 4. The van der Waals surface area contributed by atoms with E-state index in [0.717, 1.165) is 5.69 Å². The maximum absolute atomic E-state index is 13.2. The molecular weight excluding hydrogens is 299 g/mol. The van der Waals surface area contributed by atoms with Gasteiger partial charge in [0.15, 0.2) is 5.69 Å². The molecule has 0 radical (unpaired) electrons. The average Bonchev–Trinajstić information content (AvgIpc) is 3.06. The van der Waals surface area contributed by atoms with Gasteiger partial charge in [-0.1, -0.05) is 6.07 Å². The Balaban J connectivity index is 1.60. The molecule has 2 aromatic heterocycles. The van der Waals surface area contributed by atoms with Crippen LogP contribution in [0.2, 0.25) is 0 Å². The Bertz CT molecular complexity index is 805. The van der Waals surface area contributed by atoms with Crippen LogP contribution in [0, 0.1) is 5.82 Å². The molecule has 0 amide bonds. The lowest BCUT2D eigenvalue weighted by molar-refractivity contribution is 0.0501. The quantitative estimate of drug-likeness (QED) is 0.676. The van der Waals surface area contributed by atoms with E-state index in [1.54, 1.807) is 36.9 Å². The second-order valence-electron chi connectivity index (χ2n) is 4.71. The smallest absolute Gasteiger partial charge is 0.358 e. The Morgan fingerprint density at radius 2 is 2.17 bits per heavy atom. The zero-order chi connectivity index (χ0) is 16.1. The molecule has 3 aromatic rings. The summed E-state index contributed by atoms with van der Waals surface area (Å²) in [6, 6.07) is 7.46. The maximum atomic E-state index is 13.2. The number of rotatable bonds is 5. The standard InChI is InChI=1S/C16H13FN4O2/c17-12-2-1-3-14(10-12)21-8-4-15(20-21)16(22)23-9-5-13-11-18-6-7-19-13/h1-4,6-8,10-11H,5,9H2. The first-order chi connectivity index (χ1) is 11.2. The summed E-state index contributed by atoms with van der Waals surface area (Å²) in [6.07, 6.45) is 6.83. The molecule has 0 N–H and O–H groups in total. The summed E-state index contributed by atoms with van der Waals surface area (Å²) in [5.74, 6) is -0.907. The van der Waals surface area contributed by atoms with Gasteiger partial charge in [-0.25, -0.2) is 13.9 Å². The molecule has 0 aliphatic rings. The van der Waals surface area contributed by atoms with Crippen molar-refractivity contribution in [1.29, 1.82) is 0 Å². The minimum Gasteiger partial charge on any atom is -0.461 e. The number of carbonyl (C=O) groups excluding carboxylic acids is 1. The van der Waals surface area contributed by atoms with Gasteiger partial charge in [-0.2, -0.15) is 5.10 Å². The van der Waals surface area contributed by atoms with Gasteiger partial charge < -0.3 is 4.74 Å². The van der Waals surface area contributed by atoms with E-state index in [2.05, 4.69) is 15.1 Å². The number of halogens is 1. The molecule has 0 atom stereocenters. The molecule has 1 aromatic carbocycles. The van der Waals surface area contributed by atoms with Crippen LogP contribution in [0.1, 0.15) is 16.2 Å². The van der Waals surface area contributed by atoms with Gasteiger partial charge in [-0.15, -0.1) is 0 Å². The van der Waals surface area contributed by atoms with E-state index in [9.17, 15) is 9.18 Å². The third kappa shape index (κ3) is 3.76. The zero-order valence-corrected chi connectivity index (χ0v) is 12.1.